The highest BCUT2D eigenvalue weighted by atomic mass is 16.5. The van der Waals surface area contributed by atoms with Crippen molar-refractivity contribution in [1.82, 2.24) is 9.97 Å². The Labute approximate surface area is 119 Å². The third kappa shape index (κ3) is 3.68. The largest absolute Gasteiger partial charge is 0.383 e. The molecule has 0 atom stereocenters. The van der Waals surface area contributed by atoms with E-state index >= 15 is 0 Å². The zero-order chi connectivity index (χ0) is 14.4. The van der Waals surface area contributed by atoms with Crippen LogP contribution in [0.4, 0.5) is 17.5 Å². The van der Waals surface area contributed by atoms with Crippen molar-refractivity contribution in [2.45, 2.75) is 6.92 Å². The van der Waals surface area contributed by atoms with E-state index in [2.05, 4.69) is 27.4 Å². The number of rotatable bonds is 6. The fraction of sp³-hybridized carbons (Fsp3) is 0.333. The van der Waals surface area contributed by atoms with Gasteiger partial charge in [-0.05, 0) is 19.1 Å². The fourth-order valence-electron chi connectivity index (χ4n) is 1.85. The maximum absolute atomic E-state index is 5.01. The lowest BCUT2D eigenvalue weighted by atomic mass is 10.3. The maximum atomic E-state index is 5.01. The number of methoxy groups -OCH3 is 1. The fourth-order valence-corrected chi connectivity index (χ4v) is 1.85. The summed E-state index contributed by atoms with van der Waals surface area (Å²) in [6.07, 6.45) is 0. The van der Waals surface area contributed by atoms with Crippen LogP contribution in [0.5, 0.6) is 0 Å². The van der Waals surface area contributed by atoms with Crippen LogP contribution in [-0.2, 0) is 4.74 Å². The van der Waals surface area contributed by atoms with Gasteiger partial charge < -0.3 is 15.0 Å². The molecule has 1 aromatic heterocycles. The molecule has 5 nitrogen and oxygen atoms in total. The van der Waals surface area contributed by atoms with Crippen molar-refractivity contribution < 1.29 is 4.74 Å². The van der Waals surface area contributed by atoms with E-state index < -0.39 is 0 Å². The summed E-state index contributed by atoms with van der Waals surface area (Å²) in [6.45, 7) is 3.28. The standard InChI is InChI=1S/C15H20N4O/c1-12-11-14(18-15(17-12)16-9-10-20-3)19(2)13-7-5-4-6-8-13/h4-8,11H,9-10H2,1-3H3,(H,16,17,18). The molecule has 0 radical (unpaired) electrons. The van der Waals surface area contributed by atoms with E-state index in [1.807, 2.05) is 43.1 Å². The van der Waals surface area contributed by atoms with Gasteiger partial charge in [-0.2, -0.15) is 4.98 Å². The zero-order valence-electron chi connectivity index (χ0n) is 12.1. The monoisotopic (exact) mass is 272 g/mol. The molecular weight excluding hydrogens is 252 g/mol. The van der Waals surface area contributed by atoms with Crippen molar-refractivity contribution in [2.75, 3.05) is 37.5 Å². The van der Waals surface area contributed by atoms with Crippen LogP contribution in [-0.4, -0.2) is 37.3 Å². The molecule has 2 aromatic rings. The van der Waals surface area contributed by atoms with E-state index in [1.54, 1.807) is 7.11 Å². The first-order valence-electron chi connectivity index (χ1n) is 6.58. The average Bonchev–Trinajstić information content (AvgIpc) is 2.47. The number of para-hydroxylation sites is 1. The van der Waals surface area contributed by atoms with Gasteiger partial charge in [-0.15, -0.1) is 0 Å². The minimum absolute atomic E-state index is 0.625. The van der Waals surface area contributed by atoms with Crippen molar-refractivity contribution in [3.63, 3.8) is 0 Å². The smallest absolute Gasteiger partial charge is 0.224 e. The molecule has 0 aliphatic carbocycles. The molecule has 0 unspecified atom stereocenters. The second-order valence-corrected chi connectivity index (χ2v) is 4.51. The third-order valence-corrected chi connectivity index (χ3v) is 2.92. The molecule has 5 heteroatoms. The molecule has 0 aliphatic rings. The molecule has 1 heterocycles. The summed E-state index contributed by atoms with van der Waals surface area (Å²) in [5.41, 5.74) is 2.02. The molecule has 0 fully saturated rings. The average molecular weight is 272 g/mol. The summed E-state index contributed by atoms with van der Waals surface area (Å²) in [5, 5.41) is 3.16. The topological polar surface area (TPSA) is 50.3 Å². The normalized spacial score (nSPS) is 10.3. The van der Waals surface area contributed by atoms with E-state index in [4.69, 9.17) is 4.74 Å². The van der Waals surface area contributed by atoms with E-state index in [1.165, 1.54) is 0 Å². The van der Waals surface area contributed by atoms with Gasteiger partial charge in [0.15, 0.2) is 0 Å². The highest BCUT2D eigenvalue weighted by Gasteiger charge is 2.08. The number of hydrogen-bond acceptors (Lipinski definition) is 5. The summed E-state index contributed by atoms with van der Waals surface area (Å²) < 4.78 is 5.01. The number of nitrogens with zero attached hydrogens (tertiary/aromatic N) is 3. The van der Waals surface area contributed by atoms with Crippen LogP contribution in [0.2, 0.25) is 0 Å². The molecule has 0 amide bonds. The van der Waals surface area contributed by atoms with Crippen molar-refractivity contribution >= 4 is 17.5 Å². The lowest BCUT2D eigenvalue weighted by Crippen LogP contribution is -2.15. The second-order valence-electron chi connectivity index (χ2n) is 4.51. The van der Waals surface area contributed by atoms with Gasteiger partial charge in [0.2, 0.25) is 5.95 Å². The first-order chi connectivity index (χ1) is 9.70. The maximum Gasteiger partial charge on any atom is 0.224 e. The number of aryl methyl sites for hydroxylation is 1. The Balaban J connectivity index is 2.19. The van der Waals surface area contributed by atoms with Gasteiger partial charge in [0.1, 0.15) is 5.82 Å². The van der Waals surface area contributed by atoms with Gasteiger partial charge in [0.05, 0.1) is 6.61 Å². The molecular formula is C15H20N4O. The minimum Gasteiger partial charge on any atom is -0.383 e. The van der Waals surface area contributed by atoms with Gasteiger partial charge in [-0.25, -0.2) is 4.98 Å². The Morgan fingerprint density at radius 2 is 1.95 bits per heavy atom. The van der Waals surface area contributed by atoms with Crippen molar-refractivity contribution in [1.29, 1.82) is 0 Å². The predicted octanol–water partition coefficient (Wildman–Crippen LogP) is 2.61. The molecule has 1 N–H and O–H groups in total. The van der Waals surface area contributed by atoms with E-state index in [0.717, 1.165) is 17.2 Å². The molecule has 0 spiro atoms. The Bertz CT molecular complexity index is 545. The van der Waals surface area contributed by atoms with E-state index in [0.29, 0.717) is 19.1 Å². The Hall–Kier alpha value is -2.14. The summed E-state index contributed by atoms with van der Waals surface area (Å²) in [7, 11) is 3.67. The predicted molar refractivity (Wildman–Crippen MR) is 81.6 cm³/mol. The number of hydrogen-bond donors (Lipinski definition) is 1. The van der Waals surface area contributed by atoms with Gasteiger partial charge in [-0.3, -0.25) is 0 Å². The number of benzene rings is 1. The van der Waals surface area contributed by atoms with E-state index in [-0.39, 0.29) is 0 Å². The van der Waals surface area contributed by atoms with Gasteiger partial charge >= 0.3 is 0 Å². The molecule has 0 bridgehead atoms. The van der Waals surface area contributed by atoms with Gasteiger partial charge in [-0.1, -0.05) is 18.2 Å². The van der Waals surface area contributed by atoms with Crippen molar-refractivity contribution in [2.24, 2.45) is 0 Å². The first-order valence-corrected chi connectivity index (χ1v) is 6.58. The summed E-state index contributed by atoms with van der Waals surface area (Å²) in [4.78, 5) is 10.9. The van der Waals surface area contributed by atoms with E-state index in [9.17, 15) is 0 Å². The van der Waals surface area contributed by atoms with Crippen LogP contribution in [0.1, 0.15) is 5.69 Å². The molecule has 20 heavy (non-hydrogen) atoms. The molecule has 0 saturated heterocycles. The first kappa shape index (κ1) is 14.3. The Kier molecular flexibility index (Phi) is 4.90. The molecule has 0 aliphatic heterocycles. The lowest BCUT2D eigenvalue weighted by molar-refractivity contribution is 0.210. The summed E-state index contributed by atoms with van der Waals surface area (Å²) in [5.74, 6) is 1.49. The van der Waals surface area contributed by atoms with Crippen LogP contribution in [0, 0.1) is 6.92 Å². The van der Waals surface area contributed by atoms with Crippen molar-refractivity contribution in [3.8, 4) is 0 Å². The number of aromatic nitrogens is 2. The zero-order valence-corrected chi connectivity index (χ0v) is 12.1. The third-order valence-electron chi connectivity index (χ3n) is 2.92. The highest BCUT2D eigenvalue weighted by molar-refractivity contribution is 5.60. The van der Waals surface area contributed by atoms with Crippen LogP contribution in [0.25, 0.3) is 0 Å². The molecule has 1 aromatic carbocycles. The SMILES string of the molecule is COCCNc1nc(C)cc(N(C)c2ccccc2)n1. The number of anilines is 3. The van der Waals surface area contributed by atoms with Crippen molar-refractivity contribution in [3.05, 3.63) is 42.1 Å². The van der Waals surface area contributed by atoms with Gasteiger partial charge in [0, 0.05) is 38.1 Å². The van der Waals surface area contributed by atoms with Crippen LogP contribution < -0.4 is 10.2 Å². The Morgan fingerprint density at radius 3 is 2.65 bits per heavy atom. The van der Waals surface area contributed by atoms with Crippen LogP contribution in [0.15, 0.2) is 36.4 Å². The van der Waals surface area contributed by atoms with Gasteiger partial charge in [0.25, 0.3) is 0 Å². The summed E-state index contributed by atoms with van der Waals surface area (Å²) >= 11 is 0. The molecule has 0 saturated carbocycles. The molecule has 106 valence electrons. The van der Waals surface area contributed by atoms with Crippen LogP contribution in [0.3, 0.4) is 0 Å². The van der Waals surface area contributed by atoms with Crippen LogP contribution >= 0.6 is 0 Å². The highest BCUT2D eigenvalue weighted by Crippen LogP contribution is 2.22. The Morgan fingerprint density at radius 1 is 1.20 bits per heavy atom. The quantitative estimate of drug-likeness (QED) is 0.819. The minimum atomic E-state index is 0.625. The second kappa shape index (κ2) is 6.86. The number of nitrogens with one attached hydrogen (secondary N) is 1. The molecule has 2 rings (SSSR count). The number of ether oxygens (including phenoxy) is 1. The lowest BCUT2D eigenvalue weighted by Gasteiger charge is -2.19. The summed E-state index contributed by atoms with van der Waals surface area (Å²) in [6, 6.07) is 12.1.